The van der Waals surface area contributed by atoms with Crippen molar-refractivity contribution in [2.24, 2.45) is 5.73 Å². The number of benzene rings is 1. The largest absolute Gasteiger partial charge is 0.481 e. The lowest BCUT2D eigenvalue weighted by molar-refractivity contribution is -0.140. The number of rotatable bonds is 14. The van der Waals surface area contributed by atoms with E-state index in [1.807, 2.05) is 4.90 Å². The normalized spacial score (nSPS) is 17.1. The lowest BCUT2D eigenvalue weighted by Crippen LogP contribution is -2.49. The summed E-state index contributed by atoms with van der Waals surface area (Å²) in [6.07, 6.45) is -5.01. The highest BCUT2D eigenvalue weighted by atomic mass is 16.4. The van der Waals surface area contributed by atoms with Gasteiger partial charge in [0.15, 0.2) is 5.82 Å². The number of H-pyrrole nitrogens is 1. The molecule has 0 saturated heterocycles. The number of carboxylic acid groups (broad SMARTS) is 2. The van der Waals surface area contributed by atoms with Gasteiger partial charge in [-0.05, 0) is 30.7 Å². The van der Waals surface area contributed by atoms with Crippen LogP contribution < -0.4 is 37.9 Å². The number of carbonyl (C=O) groups excluding carboxylic acids is 2. The average Bonchev–Trinajstić information content (AvgIpc) is 3.01. The van der Waals surface area contributed by atoms with Crippen LogP contribution in [0.1, 0.15) is 23.2 Å². The van der Waals surface area contributed by atoms with Gasteiger partial charge in [0, 0.05) is 37.8 Å². The maximum absolute atomic E-state index is 12.3. The summed E-state index contributed by atoms with van der Waals surface area (Å²) in [5.41, 5.74) is 11.6. The fourth-order valence-corrected chi connectivity index (χ4v) is 4.06. The molecule has 0 spiro atoms. The molecule has 0 bridgehead atoms. The molecule has 1 aliphatic heterocycles. The third kappa shape index (κ3) is 10.4. The van der Waals surface area contributed by atoms with Gasteiger partial charge in [-0.3, -0.25) is 19.4 Å². The predicted octanol–water partition coefficient (Wildman–Crippen LogP) is -3.67. The van der Waals surface area contributed by atoms with Crippen molar-refractivity contribution < 1.29 is 49.8 Å². The number of nitrogen functional groups attached to an aromatic ring is 1. The van der Waals surface area contributed by atoms with Crippen molar-refractivity contribution in [3.8, 4) is 0 Å². The SMILES string of the molecule is CN1c2c(nc(N)[nH]c2=O)NC[C@H]1CNc1ccc(C(=O)NC(CCC(=O)O)C(=O)O)cc1.N[C@@H](C=O)[C@@H](O)[C@H](O)[C@H](O)CO. The van der Waals surface area contributed by atoms with Gasteiger partial charge < -0.3 is 67.8 Å². The Balaban J connectivity index is 0.000000498. The van der Waals surface area contributed by atoms with Crippen LogP contribution in [0, 0.1) is 0 Å². The standard InChI is InChI=1S/C20H25N7O6.C6H13NO5/c1-27-12(9-23-16-15(27)18(31)26-20(21)25-16)8-22-11-4-2-10(3-5-11)17(30)24-13(19(32)33)6-7-14(28)29;7-3(1-8)5(11)6(12)4(10)2-9/h2-5,12-13,22H,6-9H2,1H3,(H,24,30)(H,28,29)(H,32,33)(H4,21,23,25,26,31);1,3-6,9-12H,2,7H2/t12-,13?;3-,4+,5+,6+/m10/s1. The summed E-state index contributed by atoms with van der Waals surface area (Å²) < 4.78 is 0. The Kier molecular flexibility index (Phi) is 13.6. The second-order valence-corrected chi connectivity index (χ2v) is 9.99. The van der Waals surface area contributed by atoms with Gasteiger partial charge in [-0.25, -0.2) is 4.79 Å². The number of amides is 1. The minimum absolute atomic E-state index is 0.0388. The average molecular weight is 639 g/mol. The number of hydrogen-bond donors (Lipinski definition) is 12. The molecule has 19 nitrogen and oxygen atoms in total. The molecule has 0 saturated carbocycles. The molecule has 45 heavy (non-hydrogen) atoms. The lowest BCUT2D eigenvalue weighted by Gasteiger charge is -2.35. The van der Waals surface area contributed by atoms with Crippen LogP contribution in [0.4, 0.5) is 23.1 Å². The number of nitrogens with zero attached hydrogens (tertiary/aromatic N) is 2. The summed E-state index contributed by atoms with van der Waals surface area (Å²) in [5, 5.41) is 61.7. The second-order valence-electron chi connectivity index (χ2n) is 9.99. The van der Waals surface area contributed by atoms with Crippen molar-refractivity contribution in [1.82, 2.24) is 15.3 Å². The molecular formula is C26H38N8O11. The van der Waals surface area contributed by atoms with Crippen LogP contribution >= 0.6 is 0 Å². The zero-order chi connectivity index (χ0) is 33.8. The first-order chi connectivity index (χ1) is 21.2. The summed E-state index contributed by atoms with van der Waals surface area (Å²) in [4.78, 5) is 64.9. The Labute approximate surface area is 255 Å². The van der Waals surface area contributed by atoms with Gasteiger partial charge in [-0.15, -0.1) is 0 Å². The second kappa shape index (κ2) is 16.9. The molecule has 3 rings (SSSR count). The third-order valence-electron chi connectivity index (χ3n) is 6.74. The summed E-state index contributed by atoms with van der Waals surface area (Å²) in [6.45, 7) is 0.304. The molecular weight excluding hydrogens is 600 g/mol. The van der Waals surface area contributed by atoms with Crippen LogP contribution in [0.15, 0.2) is 29.1 Å². The van der Waals surface area contributed by atoms with Crippen LogP contribution in [0.2, 0.25) is 0 Å². The number of nitrogens with two attached hydrogens (primary N) is 2. The van der Waals surface area contributed by atoms with E-state index in [4.69, 9.17) is 37.0 Å². The molecule has 14 N–H and O–H groups in total. The van der Waals surface area contributed by atoms with Crippen molar-refractivity contribution in [3.05, 3.63) is 40.2 Å². The Bertz CT molecular complexity index is 1370. The van der Waals surface area contributed by atoms with Gasteiger partial charge >= 0.3 is 11.9 Å². The number of aliphatic carboxylic acids is 2. The molecule has 19 heteroatoms. The lowest BCUT2D eigenvalue weighted by atomic mass is 10.0. The van der Waals surface area contributed by atoms with Gasteiger partial charge in [0.25, 0.3) is 11.5 Å². The van der Waals surface area contributed by atoms with Gasteiger partial charge in [-0.1, -0.05) is 0 Å². The predicted molar refractivity (Wildman–Crippen MR) is 160 cm³/mol. The zero-order valence-corrected chi connectivity index (χ0v) is 24.2. The molecule has 1 aromatic heterocycles. The maximum atomic E-state index is 12.3. The van der Waals surface area contributed by atoms with Crippen molar-refractivity contribution in [2.45, 2.75) is 49.3 Å². The van der Waals surface area contributed by atoms with Crippen LogP contribution in [0.5, 0.6) is 0 Å². The molecule has 2 heterocycles. The quantitative estimate of drug-likeness (QED) is 0.0886. The van der Waals surface area contributed by atoms with Gasteiger partial charge in [0.2, 0.25) is 5.95 Å². The first-order valence-corrected chi connectivity index (χ1v) is 13.5. The van der Waals surface area contributed by atoms with E-state index in [1.54, 1.807) is 19.2 Å². The highest BCUT2D eigenvalue weighted by molar-refractivity contribution is 5.97. The smallest absolute Gasteiger partial charge is 0.326 e. The number of aliphatic hydroxyl groups excluding tert-OH is 4. The number of aromatic amines is 1. The first kappa shape index (κ1) is 36.4. The molecule has 2 aromatic rings. The van der Waals surface area contributed by atoms with Crippen molar-refractivity contribution >= 4 is 47.3 Å². The fourth-order valence-electron chi connectivity index (χ4n) is 4.06. The molecule has 0 aliphatic carbocycles. The first-order valence-electron chi connectivity index (χ1n) is 13.5. The zero-order valence-electron chi connectivity index (χ0n) is 24.2. The highest BCUT2D eigenvalue weighted by Crippen LogP contribution is 2.25. The Hall–Kier alpha value is -4.82. The van der Waals surface area contributed by atoms with E-state index in [0.717, 1.165) is 5.69 Å². The molecule has 1 amide bonds. The molecule has 1 aliphatic rings. The molecule has 1 unspecified atom stereocenters. The number of anilines is 4. The van der Waals surface area contributed by atoms with E-state index in [1.165, 1.54) is 12.1 Å². The minimum atomic E-state index is -1.62. The number of fused-ring (bicyclic) bond motifs is 1. The Morgan fingerprint density at radius 2 is 1.80 bits per heavy atom. The topological polar surface area (TPSA) is 327 Å². The number of hydrogen-bond acceptors (Lipinski definition) is 15. The molecule has 1 aromatic carbocycles. The van der Waals surface area contributed by atoms with Crippen LogP contribution in [-0.4, -0.2) is 128 Å². The summed E-state index contributed by atoms with van der Waals surface area (Å²) in [6, 6.07) is 3.77. The molecule has 248 valence electrons. The summed E-state index contributed by atoms with van der Waals surface area (Å²) >= 11 is 0. The van der Waals surface area contributed by atoms with Crippen LogP contribution in [0.3, 0.4) is 0 Å². The monoisotopic (exact) mass is 638 g/mol. The van der Waals surface area contributed by atoms with E-state index >= 15 is 0 Å². The van der Waals surface area contributed by atoms with Gasteiger partial charge in [0.1, 0.15) is 36.3 Å². The number of carbonyl (C=O) groups is 4. The number of nitrogens with one attached hydrogen (secondary N) is 4. The van der Waals surface area contributed by atoms with Crippen molar-refractivity contribution in [3.63, 3.8) is 0 Å². The number of aromatic nitrogens is 2. The number of carboxylic acids is 2. The van der Waals surface area contributed by atoms with Crippen LogP contribution in [0.25, 0.3) is 0 Å². The van der Waals surface area contributed by atoms with Gasteiger partial charge in [0.05, 0.1) is 18.7 Å². The fraction of sp³-hybridized carbons (Fsp3) is 0.462. The van der Waals surface area contributed by atoms with Crippen LogP contribution in [-0.2, 0) is 14.4 Å². The van der Waals surface area contributed by atoms with E-state index in [9.17, 15) is 29.1 Å². The molecule has 6 atom stereocenters. The van der Waals surface area contributed by atoms with E-state index in [0.29, 0.717) is 24.6 Å². The van der Waals surface area contributed by atoms with Crippen molar-refractivity contribution in [1.29, 1.82) is 0 Å². The third-order valence-corrected chi connectivity index (χ3v) is 6.74. The summed E-state index contributed by atoms with van der Waals surface area (Å²) in [7, 11) is 1.79. The molecule has 0 radical (unpaired) electrons. The Morgan fingerprint density at radius 1 is 1.16 bits per heavy atom. The van der Waals surface area contributed by atoms with Gasteiger partial charge in [-0.2, -0.15) is 4.98 Å². The summed E-state index contributed by atoms with van der Waals surface area (Å²) in [5.74, 6) is -2.59. The number of aldehydes is 1. The highest BCUT2D eigenvalue weighted by Gasteiger charge is 2.29. The van der Waals surface area contributed by atoms with E-state index < -0.39 is 54.8 Å². The van der Waals surface area contributed by atoms with E-state index in [-0.39, 0.29) is 42.2 Å². The Morgan fingerprint density at radius 3 is 2.36 bits per heavy atom. The number of aliphatic hydroxyl groups is 4. The van der Waals surface area contributed by atoms with Crippen molar-refractivity contribution in [2.75, 3.05) is 48.0 Å². The molecule has 0 fully saturated rings. The minimum Gasteiger partial charge on any atom is -0.481 e. The maximum Gasteiger partial charge on any atom is 0.326 e. The number of likely N-dealkylation sites (N-methyl/N-ethyl adjacent to an activating group) is 1. The van der Waals surface area contributed by atoms with E-state index in [2.05, 4.69) is 25.9 Å².